The van der Waals surface area contributed by atoms with Gasteiger partial charge in [-0.2, -0.15) is 4.31 Å². The minimum Gasteiger partial charge on any atom is -0.324 e. The first-order valence-corrected chi connectivity index (χ1v) is 11.7. The molecule has 1 unspecified atom stereocenters. The normalized spacial score (nSPS) is 17.0. The van der Waals surface area contributed by atoms with Crippen LogP contribution in [0.25, 0.3) is 0 Å². The first-order valence-electron chi connectivity index (χ1n) is 10.3. The van der Waals surface area contributed by atoms with E-state index in [0.29, 0.717) is 31.1 Å². The smallest absolute Gasteiger partial charge is 0.243 e. The zero-order valence-corrected chi connectivity index (χ0v) is 19.2. The number of nitrogens with zero attached hydrogens (tertiary/aromatic N) is 2. The maximum absolute atomic E-state index is 13.0. The summed E-state index contributed by atoms with van der Waals surface area (Å²) in [6.07, 6.45) is 0. The van der Waals surface area contributed by atoms with Gasteiger partial charge in [-0.1, -0.05) is 18.2 Å². The SMILES string of the molecule is Cc1ccc(C)c(NC(=O)C(C)N2CCN(S(=O)(=O)c3ccc(C)c(C)c3)CC2)c1. The van der Waals surface area contributed by atoms with Crippen molar-refractivity contribution < 1.29 is 13.2 Å². The summed E-state index contributed by atoms with van der Waals surface area (Å²) in [5.74, 6) is -0.0748. The molecular formula is C23H31N3O3S. The monoisotopic (exact) mass is 429 g/mol. The van der Waals surface area contributed by atoms with Gasteiger partial charge in [0.05, 0.1) is 10.9 Å². The Morgan fingerprint density at radius 2 is 1.53 bits per heavy atom. The third-order valence-electron chi connectivity index (χ3n) is 5.97. The lowest BCUT2D eigenvalue weighted by atomic mass is 10.1. The molecule has 1 fully saturated rings. The molecule has 0 radical (unpaired) electrons. The average molecular weight is 430 g/mol. The Balaban J connectivity index is 1.63. The van der Waals surface area contributed by atoms with Crippen LogP contribution in [-0.4, -0.2) is 55.8 Å². The fourth-order valence-corrected chi connectivity index (χ4v) is 5.14. The summed E-state index contributed by atoms with van der Waals surface area (Å²) in [5, 5.41) is 3.01. The van der Waals surface area contributed by atoms with Crippen LogP contribution < -0.4 is 5.32 Å². The highest BCUT2D eigenvalue weighted by Gasteiger charge is 2.32. The van der Waals surface area contributed by atoms with Crippen molar-refractivity contribution in [1.29, 1.82) is 0 Å². The highest BCUT2D eigenvalue weighted by molar-refractivity contribution is 7.89. The molecule has 6 nitrogen and oxygen atoms in total. The summed E-state index contributed by atoms with van der Waals surface area (Å²) in [4.78, 5) is 15.1. The second-order valence-corrected chi connectivity index (χ2v) is 10.1. The maximum Gasteiger partial charge on any atom is 0.243 e. The molecule has 2 aromatic rings. The lowest BCUT2D eigenvalue weighted by Crippen LogP contribution is -2.53. The molecule has 3 rings (SSSR count). The standard InChI is InChI=1S/C23H31N3O3S/c1-16-6-7-18(3)22(14-16)24-23(27)20(5)25-10-12-26(13-11-25)30(28,29)21-9-8-17(2)19(4)15-21/h6-9,14-15,20H,10-13H2,1-5H3,(H,24,27). The summed E-state index contributed by atoms with van der Waals surface area (Å²) < 4.78 is 27.5. The van der Waals surface area contributed by atoms with Gasteiger partial charge in [0.15, 0.2) is 0 Å². The van der Waals surface area contributed by atoms with Crippen molar-refractivity contribution in [3.05, 3.63) is 58.7 Å². The van der Waals surface area contributed by atoms with Crippen LogP contribution in [0, 0.1) is 27.7 Å². The van der Waals surface area contributed by atoms with E-state index in [1.807, 2.05) is 63.8 Å². The zero-order valence-electron chi connectivity index (χ0n) is 18.4. The molecule has 0 bridgehead atoms. The number of anilines is 1. The molecule has 7 heteroatoms. The highest BCUT2D eigenvalue weighted by Crippen LogP contribution is 2.22. The molecule has 1 amide bonds. The van der Waals surface area contributed by atoms with Gasteiger partial charge in [-0.25, -0.2) is 8.42 Å². The zero-order chi connectivity index (χ0) is 22.1. The first kappa shape index (κ1) is 22.5. The molecule has 1 aliphatic rings. The number of amides is 1. The largest absolute Gasteiger partial charge is 0.324 e. The molecule has 0 spiro atoms. The molecule has 0 aromatic heterocycles. The summed E-state index contributed by atoms with van der Waals surface area (Å²) in [5.41, 5.74) is 4.97. The highest BCUT2D eigenvalue weighted by atomic mass is 32.2. The van der Waals surface area contributed by atoms with E-state index in [1.54, 1.807) is 12.1 Å². The number of sulfonamides is 1. The van der Waals surface area contributed by atoms with E-state index < -0.39 is 10.0 Å². The Morgan fingerprint density at radius 3 is 2.17 bits per heavy atom. The number of benzene rings is 2. The molecule has 0 aliphatic carbocycles. The minimum atomic E-state index is -3.52. The lowest BCUT2D eigenvalue weighted by Gasteiger charge is -2.36. The Bertz CT molecular complexity index is 1040. The Morgan fingerprint density at radius 1 is 0.900 bits per heavy atom. The van der Waals surface area contributed by atoms with Gasteiger partial charge in [0.25, 0.3) is 0 Å². The number of hydrogen-bond acceptors (Lipinski definition) is 4. The number of rotatable bonds is 5. The summed E-state index contributed by atoms with van der Waals surface area (Å²) >= 11 is 0. The van der Waals surface area contributed by atoms with Gasteiger partial charge >= 0.3 is 0 Å². The van der Waals surface area contributed by atoms with Crippen molar-refractivity contribution in [2.24, 2.45) is 0 Å². The van der Waals surface area contributed by atoms with Gasteiger partial charge < -0.3 is 5.32 Å². The van der Waals surface area contributed by atoms with Crippen LogP contribution in [0.2, 0.25) is 0 Å². The Hall–Kier alpha value is -2.22. The number of nitrogens with one attached hydrogen (secondary N) is 1. The summed E-state index contributed by atoms with van der Waals surface area (Å²) in [6.45, 7) is 11.5. The van der Waals surface area contributed by atoms with Gasteiger partial charge in [-0.05, 0) is 75.1 Å². The predicted octanol–water partition coefficient (Wildman–Crippen LogP) is 3.25. The topological polar surface area (TPSA) is 69.7 Å². The van der Waals surface area contributed by atoms with Crippen molar-refractivity contribution in [2.75, 3.05) is 31.5 Å². The van der Waals surface area contributed by atoms with Gasteiger partial charge in [-0.3, -0.25) is 9.69 Å². The average Bonchev–Trinajstić information content (AvgIpc) is 2.72. The van der Waals surface area contributed by atoms with Crippen molar-refractivity contribution in [3.8, 4) is 0 Å². The summed E-state index contributed by atoms with van der Waals surface area (Å²) in [7, 11) is -3.52. The van der Waals surface area contributed by atoms with Crippen LogP contribution >= 0.6 is 0 Å². The third-order valence-corrected chi connectivity index (χ3v) is 7.86. The summed E-state index contributed by atoms with van der Waals surface area (Å²) in [6, 6.07) is 10.9. The van der Waals surface area contributed by atoms with Crippen molar-refractivity contribution >= 4 is 21.6 Å². The number of carbonyl (C=O) groups is 1. The number of hydrogen-bond donors (Lipinski definition) is 1. The fraction of sp³-hybridized carbons (Fsp3) is 0.435. The molecule has 0 saturated carbocycles. The number of aryl methyl sites for hydroxylation is 4. The van der Waals surface area contributed by atoms with E-state index in [2.05, 4.69) is 5.32 Å². The van der Waals surface area contributed by atoms with Crippen LogP contribution in [-0.2, 0) is 14.8 Å². The van der Waals surface area contributed by atoms with Crippen LogP contribution in [0.1, 0.15) is 29.2 Å². The van der Waals surface area contributed by atoms with Crippen molar-refractivity contribution in [3.63, 3.8) is 0 Å². The first-order chi connectivity index (χ1) is 14.1. The molecule has 1 atom stereocenters. The molecular weight excluding hydrogens is 398 g/mol. The third kappa shape index (κ3) is 4.74. The molecule has 1 heterocycles. The van der Waals surface area contributed by atoms with E-state index in [9.17, 15) is 13.2 Å². The van der Waals surface area contributed by atoms with Gasteiger partial charge in [-0.15, -0.1) is 0 Å². The van der Waals surface area contributed by atoms with Crippen molar-refractivity contribution in [1.82, 2.24) is 9.21 Å². The van der Waals surface area contributed by atoms with Gasteiger partial charge in [0, 0.05) is 31.9 Å². The quantitative estimate of drug-likeness (QED) is 0.792. The van der Waals surface area contributed by atoms with E-state index >= 15 is 0 Å². The Kier molecular flexibility index (Phi) is 6.65. The molecule has 162 valence electrons. The molecule has 2 aromatic carbocycles. The van der Waals surface area contributed by atoms with Crippen LogP contribution in [0.3, 0.4) is 0 Å². The molecule has 30 heavy (non-hydrogen) atoms. The maximum atomic E-state index is 13.0. The number of piperazine rings is 1. The van der Waals surface area contributed by atoms with Crippen molar-refractivity contribution in [2.45, 2.75) is 45.6 Å². The van der Waals surface area contributed by atoms with E-state index in [4.69, 9.17) is 0 Å². The van der Waals surface area contributed by atoms with Crippen LogP contribution in [0.5, 0.6) is 0 Å². The van der Waals surface area contributed by atoms with E-state index in [0.717, 1.165) is 27.9 Å². The Labute approximate surface area is 179 Å². The van der Waals surface area contributed by atoms with Crippen LogP contribution in [0.4, 0.5) is 5.69 Å². The van der Waals surface area contributed by atoms with Gasteiger partial charge in [0.2, 0.25) is 15.9 Å². The molecule has 1 N–H and O–H groups in total. The minimum absolute atomic E-state index is 0.0748. The molecule has 1 saturated heterocycles. The second kappa shape index (κ2) is 8.88. The lowest BCUT2D eigenvalue weighted by molar-refractivity contribution is -0.121. The van der Waals surface area contributed by atoms with Crippen LogP contribution in [0.15, 0.2) is 41.3 Å². The second-order valence-electron chi connectivity index (χ2n) is 8.17. The number of carbonyl (C=O) groups excluding carboxylic acids is 1. The molecule has 1 aliphatic heterocycles. The van der Waals surface area contributed by atoms with E-state index in [-0.39, 0.29) is 11.9 Å². The van der Waals surface area contributed by atoms with E-state index in [1.165, 1.54) is 4.31 Å². The van der Waals surface area contributed by atoms with Gasteiger partial charge in [0.1, 0.15) is 0 Å². The fourth-order valence-electron chi connectivity index (χ4n) is 3.63. The predicted molar refractivity (Wildman–Crippen MR) is 120 cm³/mol.